The van der Waals surface area contributed by atoms with Gasteiger partial charge < -0.3 is 10.1 Å². The molecule has 0 bridgehead atoms. The van der Waals surface area contributed by atoms with E-state index in [1.165, 1.54) is 0 Å². The lowest BCUT2D eigenvalue weighted by Crippen LogP contribution is -2.21. The highest BCUT2D eigenvalue weighted by Crippen LogP contribution is 2.25. The van der Waals surface area contributed by atoms with Crippen molar-refractivity contribution in [1.82, 2.24) is 9.97 Å². The zero-order valence-corrected chi connectivity index (χ0v) is 9.54. The number of fused-ring (bicyclic) bond motifs is 1. The average Bonchev–Trinajstić information content (AvgIpc) is 2.67. The fraction of sp³-hybridized carbons (Fsp3) is 0.400. The highest BCUT2D eigenvalue weighted by molar-refractivity contribution is 7.17. The molecule has 2 rings (SSSR count). The summed E-state index contributed by atoms with van der Waals surface area (Å²) in [6.45, 7) is 2.72. The van der Waals surface area contributed by atoms with Crippen molar-refractivity contribution in [1.29, 1.82) is 0 Å². The maximum Gasteiger partial charge on any atom is 0.147 e. The van der Waals surface area contributed by atoms with Gasteiger partial charge in [-0.1, -0.05) is 0 Å². The highest BCUT2D eigenvalue weighted by Gasteiger charge is 2.07. The summed E-state index contributed by atoms with van der Waals surface area (Å²) >= 11 is 1.65. The van der Waals surface area contributed by atoms with Crippen LogP contribution in [-0.2, 0) is 4.74 Å². The fourth-order valence-electron chi connectivity index (χ4n) is 1.42. The van der Waals surface area contributed by atoms with E-state index < -0.39 is 0 Å². The molecule has 2 aromatic heterocycles. The predicted molar refractivity (Wildman–Crippen MR) is 62.4 cm³/mol. The van der Waals surface area contributed by atoms with E-state index in [2.05, 4.69) is 22.2 Å². The molecule has 0 aliphatic heterocycles. The van der Waals surface area contributed by atoms with Crippen molar-refractivity contribution in [2.24, 2.45) is 0 Å². The maximum absolute atomic E-state index is 5.07. The normalized spacial score (nSPS) is 12.9. The standard InChI is InChI=1S/C10H13N3OS/c1-7(5-14-2)13-10-9-8(3-4-15-9)11-6-12-10/h3-4,6-7H,5H2,1-2H3,(H,11,12,13). The summed E-state index contributed by atoms with van der Waals surface area (Å²) in [5, 5.41) is 5.33. The zero-order chi connectivity index (χ0) is 10.7. The number of rotatable bonds is 4. The van der Waals surface area contributed by atoms with E-state index in [0.29, 0.717) is 6.61 Å². The average molecular weight is 223 g/mol. The van der Waals surface area contributed by atoms with Gasteiger partial charge in [-0.05, 0) is 18.4 Å². The van der Waals surface area contributed by atoms with Crippen LogP contribution in [-0.4, -0.2) is 29.7 Å². The predicted octanol–water partition coefficient (Wildman–Crippen LogP) is 2.14. The van der Waals surface area contributed by atoms with Gasteiger partial charge in [0, 0.05) is 13.2 Å². The first kappa shape index (κ1) is 10.3. The number of methoxy groups -OCH3 is 1. The third kappa shape index (κ3) is 2.24. The number of nitrogens with zero attached hydrogens (tertiary/aromatic N) is 2. The van der Waals surface area contributed by atoms with Gasteiger partial charge in [-0.2, -0.15) is 0 Å². The molecule has 2 heterocycles. The molecule has 5 heteroatoms. The Morgan fingerprint density at radius 1 is 1.53 bits per heavy atom. The molecule has 1 unspecified atom stereocenters. The first-order valence-electron chi connectivity index (χ1n) is 4.75. The summed E-state index contributed by atoms with van der Waals surface area (Å²) in [4.78, 5) is 8.42. The van der Waals surface area contributed by atoms with E-state index in [-0.39, 0.29) is 6.04 Å². The molecule has 0 saturated carbocycles. The molecule has 4 nitrogen and oxygen atoms in total. The SMILES string of the molecule is COCC(C)Nc1ncnc2ccsc12. The Kier molecular flexibility index (Phi) is 3.13. The van der Waals surface area contributed by atoms with Crippen LogP contribution in [0.15, 0.2) is 17.8 Å². The van der Waals surface area contributed by atoms with Crippen LogP contribution in [0.1, 0.15) is 6.92 Å². The number of ether oxygens (including phenoxy) is 1. The summed E-state index contributed by atoms with van der Waals surface area (Å²) in [7, 11) is 1.69. The smallest absolute Gasteiger partial charge is 0.147 e. The van der Waals surface area contributed by atoms with Crippen molar-refractivity contribution >= 4 is 27.4 Å². The van der Waals surface area contributed by atoms with Crippen LogP contribution in [0, 0.1) is 0 Å². The van der Waals surface area contributed by atoms with Gasteiger partial charge in [0.1, 0.15) is 12.1 Å². The first-order chi connectivity index (χ1) is 7.31. The lowest BCUT2D eigenvalue weighted by molar-refractivity contribution is 0.190. The van der Waals surface area contributed by atoms with Crippen LogP contribution in [0.25, 0.3) is 10.2 Å². The lowest BCUT2D eigenvalue weighted by Gasteiger charge is -2.13. The highest BCUT2D eigenvalue weighted by atomic mass is 32.1. The van der Waals surface area contributed by atoms with E-state index >= 15 is 0 Å². The monoisotopic (exact) mass is 223 g/mol. The molecule has 0 aliphatic rings. The largest absolute Gasteiger partial charge is 0.383 e. The topological polar surface area (TPSA) is 47.0 Å². The molecule has 1 N–H and O–H groups in total. The summed E-state index contributed by atoms with van der Waals surface area (Å²) in [5.74, 6) is 0.888. The molecule has 0 aromatic carbocycles. The third-order valence-electron chi connectivity index (χ3n) is 2.04. The summed E-state index contributed by atoms with van der Waals surface area (Å²) in [5.41, 5.74) is 0.988. The van der Waals surface area contributed by atoms with E-state index in [1.54, 1.807) is 24.8 Å². The number of aromatic nitrogens is 2. The van der Waals surface area contributed by atoms with Crippen molar-refractivity contribution in [3.63, 3.8) is 0 Å². The number of thiophene rings is 1. The van der Waals surface area contributed by atoms with Crippen LogP contribution in [0.2, 0.25) is 0 Å². The second kappa shape index (κ2) is 4.55. The molecule has 0 radical (unpaired) electrons. The fourth-order valence-corrected chi connectivity index (χ4v) is 2.21. The van der Waals surface area contributed by atoms with Gasteiger partial charge in [0.25, 0.3) is 0 Å². The van der Waals surface area contributed by atoms with E-state index in [1.807, 2.05) is 11.4 Å². The second-order valence-corrected chi connectivity index (χ2v) is 4.27. The lowest BCUT2D eigenvalue weighted by atomic mass is 10.3. The number of hydrogen-bond donors (Lipinski definition) is 1. The summed E-state index contributed by atoms with van der Waals surface area (Å²) < 4.78 is 6.16. The Balaban J connectivity index is 2.23. The Hall–Kier alpha value is -1.20. The van der Waals surface area contributed by atoms with Crippen molar-refractivity contribution in [2.45, 2.75) is 13.0 Å². The number of anilines is 1. The molecule has 0 saturated heterocycles. The Labute approximate surface area is 92.3 Å². The Morgan fingerprint density at radius 2 is 2.40 bits per heavy atom. The molecule has 0 amide bonds. The molecule has 0 spiro atoms. The first-order valence-corrected chi connectivity index (χ1v) is 5.63. The third-order valence-corrected chi connectivity index (χ3v) is 2.95. The van der Waals surface area contributed by atoms with Gasteiger partial charge >= 0.3 is 0 Å². The van der Waals surface area contributed by atoms with Crippen molar-refractivity contribution in [2.75, 3.05) is 19.0 Å². The molecular formula is C10H13N3OS. The number of nitrogens with one attached hydrogen (secondary N) is 1. The summed E-state index contributed by atoms with van der Waals surface area (Å²) in [6.07, 6.45) is 1.58. The Bertz CT molecular complexity index is 443. The van der Waals surface area contributed by atoms with Gasteiger partial charge in [0.05, 0.1) is 16.8 Å². The van der Waals surface area contributed by atoms with Gasteiger partial charge in [0.15, 0.2) is 0 Å². The Morgan fingerprint density at radius 3 is 3.20 bits per heavy atom. The second-order valence-electron chi connectivity index (χ2n) is 3.36. The van der Waals surface area contributed by atoms with E-state index in [4.69, 9.17) is 4.74 Å². The molecular weight excluding hydrogens is 210 g/mol. The van der Waals surface area contributed by atoms with Gasteiger partial charge in [-0.3, -0.25) is 0 Å². The zero-order valence-electron chi connectivity index (χ0n) is 8.73. The summed E-state index contributed by atoms with van der Waals surface area (Å²) in [6, 6.07) is 2.24. The molecule has 0 aliphatic carbocycles. The van der Waals surface area contributed by atoms with Crippen LogP contribution in [0.3, 0.4) is 0 Å². The van der Waals surface area contributed by atoms with Crippen molar-refractivity contribution in [3.05, 3.63) is 17.8 Å². The minimum Gasteiger partial charge on any atom is -0.383 e. The van der Waals surface area contributed by atoms with Crippen molar-refractivity contribution in [3.8, 4) is 0 Å². The van der Waals surface area contributed by atoms with Crippen molar-refractivity contribution < 1.29 is 4.74 Å². The van der Waals surface area contributed by atoms with Crippen LogP contribution in [0.5, 0.6) is 0 Å². The quantitative estimate of drug-likeness (QED) is 0.862. The maximum atomic E-state index is 5.07. The van der Waals surface area contributed by atoms with E-state index in [0.717, 1.165) is 16.0 Å². The van der Waals surface area contributed by atoms with Gasteiger partial charge in [-0.15, -0.1) is 11.3 Å². The number of hydrogen-bond acceptors (Lipinski definition) is 5. The van der Waals surface area contributed by atoms with Gasteiger partial charge in [0.2, 0.25) is 0 Å². The minimum atomic E-state index is 0.246. The molecule has 2 aromatic rings. The molecule has 0 fully saturated rings. The molecule has 1 atom stereocenters. The van der Waals surface area contributed by atoms with Crippen LogP contribution >= 0.6 is 11.3 Å². The van der Waals surface area contributed by atoms with Gasteiger partial charge in [-0.25, -0.2) is 9.97 Å². The van der Waals surface area contributed by atoms with Crippen LogP contribution < -0.4 is 5.32 Å². The molecule has 15 heavy (non-hydrogen) atoms. The minimum absolute atomic E-state index is 0.246. The van der Waals surface area contributed by atoms with E-state index in [9.17, 15) is 0 Å². The molecule has 80 valence electrons. The van der Waals surface area contributed by atoms with Crippen LogP contribution in [0.4, 0.5) is 5.82 Å².